The third-order valence-corrected chi connectivity index (χ3v) is 4.73. The maximum Gasteiger partial charge on any atom is 0.220 e. The van der Waals surface area contributed by atoms with E-state index in [1.165, 1.54) is 18.3 Å². The van der Waals surface area contributed by atoms with Gasteiger partial charge in [0.25, 0.3) is 0 Å². The average Bonchev–Trinajstić information content (AvgIpc) is 3.14. The molecule has 0 saturated carbocycles. The van der Waals surface area contributed by atoms with E-state index in [0.29, 0.717) is 6.42 Å². The molecule has 0 fully saturated rings. The summed E-state index contributed by atoms with van der Waals surface area (Å²) in [6.07, 6.45) is 5.84. The smallest absolute Gasteiger partial charge is 0.220 e. The maximum atomic E-state index is 13.4. The average molecular weight is 396 g/mol. The summed E-state index contributed by atoms with van der Waals surface area (Å²) < 4.78 is 13.4. The third-order valence-electron chi connectivity index (χ3n) is 4.73. The standard InChI is InChI=1S/C22H25FN4O2/c23-17-8-6-14-24-20(17)15-25-22(29)13-12-16(28)7-2-1-3-11-21-26-18-9-4-5-10-19(18)27-21/h4-6,8-10,14H,1-3,7,11-13,15H2,(H,25,29)(H,26,27). The first-order valence-corrected chi connectivity index (χ1v) is 9.93. The topological polar surface area (TPSA) is 87.7 Å². The van der Waals surface area contributed by atoms with Gasteiger partial charge in [-0.3, -0.25) is 14.6 Å². The van der Waals surface area contributed by atoms with Crippen LogP contribution in [0.2, 0.25) is 0 Å². The molecule has 0 radical (unpaired) electrons. The molecule has 0 spiro atoms. The number of aromatic nitrogens is 3. The molecule has 3 rings (SSSR count). The van der Waals surface area contributed by atoms with Crippen LogP contribution in [0.5, 0.6) is 0 Å². The fraction of sp³-hybridized carbons (Fsp3) is 0.364. The maximum absolute atomic E-state index is 13.4. The molecule has 2 heterocycles. The van der Waals surface area contributed by atoms with Gasteiger partial charge in [-0.15, -0.1) is 0 Å². The van der Waals surface area contributed by atoms with Crippen LogP contribution in [-0.2, 0) is 22.6 Å². The number of hydrogen-bond acceptors (Lipinski definition) is 4. The van der Waals surface area contributed by atoms with Crippen LogP contribution in [0, 0.1) is 5.82 Å². The van der Waals surface area contributed by atoms with Gasteiger partial charge in [0.05, 0.1) is 23.3 Å². The van der Waals surface area contributed by atoms with Crippen LogP contribution in [-0.4, -0.2) is 26.6 Å². The molecular formula is C22H25FN4O2. The van der Waals surface area contributed by atoms with Crippen molar-refractivity contribution < 1.29 is 14.0 Å². The highest BCUT2D eigenvalue weighted by atomic mass is 19.1. The molecule has 0 bridgehead atoms. The number of para-hydroxylation sites is 2. The number of Topliss-reactive ketones (excluding diaryl/α,β-unsaturated/α-hetero) is 1. The number of nitrogens with zero attached hydrogens (tertiary/aromatic N) is 2. The number of imidazole rings is 1. The van der Waals surface area contributed by atoms with Gasteiger partial charge in [0.2, 0.25) is 5.91 Å². The predicted octanol–water partition coefficient (Wildman–Crippen LogP) is 3.87. The zero-order chi connectivity index (χ0) is 20.5. The Kier molecular flexibility index (Phi) is 7.44. The number of pyridine rings is 1. The summed E-state index contributed by atoms with van der Waals surface area (Å²) in [5.74, 6) is 0.325. The van der Waals surface area contributed by atoms with E-state index in [-0.39, 0.29) is 36.8 Å². The largest absolute Gasteiger partial charge is 0.350 e. The molecule has 0 unspecified atom stereocenters. The van der Waals surface area contributed by atoms with E-state index in [9.17, 15) is 14.0 Å². The highest BCUT2D eigenvalue weighted by Gasteiger charge is 2.09. The first-order chi connectivity index (χ1) is 14.1. The van der Waals surface area contributed by atoms with E-state index in [0.717, 1.165) is 42.5 Å². The molecule has 3 aromatic rings. The Morgan fingerprint density at radius 3 is 2.69 bits per heavy atom. The molecule has 0 aliphatic carbocycles. The van der Waals surface area contributed by atoms with Gasteiger partial charge < -0.3 is 10.3 Å². The van der Waals surface area contributed by atoms with E-state index in [1.54, 1.807) is 0 Å². The van der Waals surface area contributed by atoms with Crippen LogP contribution in [0.4, 0.5) is 4.39 Å². The molecule has 7 heteroatoms. The van der Waals surface area contributed by atoms with E-state index in [4.69, 9.17) is 0 Å². The summed E-state index contributed by atoms with van der Waals surface area (Å²) in [5.41, 5.74) is 2.21. The fourth-order valence-electron chi connectivity index (χ4n) is 3.11. The van der Waals surface area contributed by atoms with Crippen molar-refractivity contribution in [2.45, 2.75) is 51.5 Å². The Bertz CT molecular complexity index is 937. The van der Waals surface area contributed by atoms with E-state index in [2.05, 4.69) is 20.3 Å². The fourth-order valence-corrected chi connectivity index (χ4v) is 3.11. The number of fused-ring (bicyclic) bond motifs is 1. The molecule has 1 amide bonds. The minimum Gasteiger partial charge on any atom is -0.350 e. The lowest BCUT2D eigenvalue weighted by Crippen LogP contribution is -2.24. The van der Waals surface area contributed by atoms with Gasteiger partial charge >= 0.3 is 0 Å². The second-order valence-corrected chi connectivity index (χ2v) is 7.01. The van der Waals surface area contributed by atoms with Crippen molar-refractivity contribution in [3.8, 4) is 0 Å². The minimum atomic E-state index is -0.452. The number of nitrogens with one attached hydrogen (secondary N) is 2. The highest BCUT2D eigenvalue weighted by molar-refractivity contribution is 5.84. The van der Waals surface area contributed by atoms with Gasteiger partial charge in [0.15, 0.2) is 0 Å². The summed E-state index contributed by atoms with van der Waals surface area (Å²) in [5, 5.41) is 2.60. The Labute approximate surface area is 169 Å². The number of hydrogen-bond donors (Lipinski definition) is 2. The number of benzene rings is 1. The van der Waals surface area contributed by atoms with Gasteiger partial charge in [-0.25, -0.2) is 9.37 Å². The first kappa shape index (κ1) is 20.6. The van der Waals surface area contributed by atoms with Crippen LogP contribution in [0.25, 0.3) is 11.0 Å². The van der Waals surface area contributed by atoms with Crippen molar-refractivity contribution in [3.05, 3.63) is 59.9 Å². The second kappa shape index (κ2) is 10.5. The Hall–Kier alpha value is -3.09. The minimum absolute atomic E-state index is 0.0293. The molecule has 0 saturated heterocycles. The number of amides is 1. The second-order valence-electron chi connectivity index (χ2n) is 7.01. The molecule has 152 valence electrons. The Balaban J connectivity index is 1.26. The Morgan fingerprint density at radius 2 is 1.86 bits per heavy atom. The van der Waals surface area contributed by atoms with Crippen LogP contribution >= 0.6 is 0 Å². The zero-order valence-corrected chi connectivity index (χ0v) is 16.3. The van der Waals surface area contributed by atoms with Gasteiger partial charge in [-0.05, 0) is 37.1 Å². The van der Waals surface area contributed by atoms with Crippen molar-refractivity contribution in [1.29, 1.82) is 0 Å². The van der Waals surface area contributed by atoms with E-state index >= 15 is 0 Å². The molecule has 0 aliphatic heterocycles. The van der Waals surface area contributed by atoms with Gasteiger partial charge in [0.1, 0.15) is 17.4 Å². The first-order valence-electron chi connectivity index (χ1n) is 9.93. The Morgan fingerprint density at radius 1 is 1.00 bits per heavy atom. The molecule has 2 aromatic heterocycles. The summed E-state index contributed by atoms with van der Waals surface area (Å²) in [6, 6.07) is 10.7. The molecule has 0 aliphatic rings. The number of H-pyrrole nitrogens is 1. The molecular weight excluding hydrogens is 371 g/mol. The molecule has 1 aromatic carbocycles. The quantitative estimate of drug-likeness (QED) is 0.482. The van der Waals surface area contributed by atoms with E-state index < -0.39 is 5.82 Å². The molecule has 0 atom stereocenters. The summed E-state index contributed by atoms with van der Waals surface area (Å²) >= 11 is 0. The van der Waals surface area contributed by atoms with Crippen LogP contribution < -0.4 is 5.32 Å². The van der Waals surface area contributed by atoms with Crippen LogP contribution in [0.3, 0.4) is 0 Å². The summed E-state index contributed by atoms with van der Waals surface area (Å²) in [7, 11) is 0. The molecule has 29 heavy (non-hydrogen) atoms. The zero-order valence-electron chi connectivity index (χ0n) is 16.3. The number of ketones is 1. The SMILES string of the molecule is O=C(CCCCCc1nc2ccccc2[nH]1)CCC(=O)NCc1ncccc1F. The number of unbranched alkanes of at least 4 members (excludes halogenated alkanes) is 2. The van der Waals surface area contributed by atoms with E-state index in [1.807, 2.05) is 24.3 Å². The van der Waals surface area contributed by atoms with Crippen molar-refractivity contribution in [1.82, 2.24) is 20.3 Å². The van der Waals surface area contributed by atoms with Crippen molar-refractivity contribution in [2.24, 2.45) is 0 Å². The van der Waals surface area contributed by atoms with Crippen molar-refractivity contribution in [3.63, 3.8) is 0 Å². The number of rotatable bonds is 11. The number of carbonyl (C=O) groups excluding carboxylic acids is 2. The number of aromatic amines is 1. The summed E-state index contributed by atoms with van der Waals surface area (Å²) in [4.78, 5) is 35.5. The number of carbonyl (C=O) groups is 2. The predicted molar refractivity (Wildman–Crippen MR) is 109 cm³/mol. The van der Waals surface area contributed by atoms with Crippen LogP contribution in [0.1, 0.15) is 50.0 Å². The monoisotopic (exact) mass is 396 g/mol. The lowest BCUT2D eigenvalue weighted by Gasteiger charge is -2.05. The van der Waals surface area contributed by atoms with Crippen LogP contribution in [0.15, 0.2) is 42.6 Å². The lowest BCUT2D eigenvalue weighted by atomic mass is 10.1. The van der Waals surface area contributed by atoms with Crippen molar-refractivity contribution in [2.75, 3.05) is 0 Å². The normalized spacial score (nSPS) is 10.9. The lowest BCUT2D eigenvalue weighted by molar-refractivity contribution is -0.125. The third kappa shape index (κ3) is 6.48. The molecule has 2 N–H and O–H groups in total. The number of aryl methyl sites for hydroxylation is 1. The molecule has 6 nitrogen and oxygen atoms in total. The van der Waals surface area contributed by atoms with Gasteiger partial charge in [-0.2, -0.15) is 0 Å². The highest BCUT2D eigenvalue weighted by Crippen LogP contribution is 2.13. The van der Waals surface area contributed by atoms with Gasteiger partial charge in [-0.1, -0.05) is 18.6 Å². The van der Waals surface area contributed by atoms with Crippen molar-refractivity contribution >= 4 is 22.7 Å². The van der Waals surface area contributed by atoms with Gasteiger partial charge in [0, 0.05) is 31.9 Å². The summed E-state index contributed by atoms with van der Waals surface area (Å²) in [6.45, 7) is 0.0293. The number of halogens is 1.